The van der Waals surface area contributed by atoms with Crippen LogP contribution in [0, 0.1) is 0 Å². The fourth-order valence-electron chi connectivity index (χ4n) is 0.326. The average molecular weight is 106 g/mol. The third-order valence-electron chi connectivity index (χ3n) is 0.598. The highest BCUT2D eigenvalue weighted by Crippen LogP contribution is 1.76. The number of rotatable bonds is 0. The van der Waals surface area contributed by atoms with Gasteiger partial charge in [0.25, 0.3) is 0 Å². The lowest BCUT2D eigenvalue weighted by Gasteiger charge is -1.81. The summed E-state index contributed by atoms with van der Waals surface area (Å²) in [5, 5.41) is 0. The molecule has 0 aromatic carbocycles. The van der Waals surface area contributed by atoms with Crippen molar-refractivity contribution in [2.45, 2.75) is 0 Å². The SMILES string of the molecule is O=S1CCNN1. The maximum atomic E-state index is 10.2. The molecule has 0 aliphatic carbocycles. The van der Waals surface area contributed by atoms with Crippen LogP contribution >= 0.6 is 0 Å². The topological polar surface area (TPSA) is 41.1 Å². The standard InChI is InChI=1S/C2H6N2OS/c5-6-2-1-3-4-6/h3-4H,1-2H2. The van der Waals surface area contributed by atoms with Crippen molar-refractivity contribution < 1.29 is 4.21 Å². The second-order valence-corrected chi connectivity index (χ2v) is 2.38. The van der Waals surface area contributed by atoms with Crippen LogP contribution in [-0.2, 0) is 11.0 Å². The van der Waals surface area contributed by atoms with E-state index in [9.17, 15) is 4.21 Å². The van der Waals surface area contributed by atoms with E-state index in [1.807, 2.05) is 0 Å². The molecule has 3 nitrogen and oxygen atoms in total. The Balaban J connectivity index is 2.37. The molecule has 0 radical (unpaired) electrons. The Hall–Kier alpha value is 0.0700. The summed E-state index contributed by atoms with van der Waals surface area (Å²) < 4.78 is 10.2. The Morgan fingerprint density at radius 3 is 2.67 bits per heavy atom. The number of hydrogen-bond acceptors (Lipinski definition) is 2. The van der Waals surface area contributed by atoms with Crippen molar-refractivity contribution in [1.29, 1.82) is 0 Å². The zero-order valence-corrected chi connectivity index (χ0v) is 4.05. The van der Waals surface area contributed by atoms with Gasteiger partial charge >= 0.3 is 0 Å². The predicted octanol–water partition coefficient (Wildman–Crippen LogP) is -1.24. The zero-order chi connectivity index (χ0) is 4.41. The van der Waals surface area contributed by atoms with Gasteiger partial charge in [0.1, 0.15) is 11.0 Å². The fourth-order valence-corrected chi connectivity index (χ4v) is 0.979. The summed E-state index contributed by atoms with van der Waals surface area (Å²) in [6.45, 7) is 0.826. The summed E-state index contributed by atoms with van der Waals surface area (Å²) in [6, 6.07) is 0. The number of hydrogen-bond donors (Lipinski definition) is 2. The van der Waals surface area contributed by atoms with Gasteiger partial charge < -0.3 is 0 Å². The number of hydrazine groups is 1. The van der Waals surface area contributed by atoms with Crippen molar-refractivity contribution in [3.63, 3.8) is 0 Å². The van der Waals surface area contributed by atoms with Gasteiger partial charge in [0.05, 0.1) is 5.75 Å². The molecule has 36 valence electrons. The van der Waals surface area contributed by atoms with Crippen LogP contribution in [0.2, 0.25) is 0 Å². The van der Waals surface area contributed by atoms with Crippen LogP contribution in [-0.4, -0.2) is 16.5 Å². The molecular formula is C2H6N2OS. The molecular weight excluding hydrogens is 100 g/mol. The van der Waals surface area contributed by atoms with E-state index >= 15 is 0 Å². The third-order valence-corrected chi connectivity index (χ3v) is 1.55. The minimum Gasteiger partial charge on any atom is -0.245 e. The van der Waals surface area contributed by atoms with Gasteiger partial charge in [0, 0.05) is 6.54 Å². The maximum Gasteiger partial charge on any atom is 0.107 e. The molecule has 1 rings (SSSR count). The average Bonchev–Trinajstić information content (AvgIpc) is 1.86. The largest absolute Gasteiger partial charge is 0.245 e. The normalized spacial score (nSPS) is 34.3. The van der Waals surface area contributed by atoms with Gasteiger partial charge in [-0.15, -0.1) is 0 Å². The lowest BCUT2D eigenvalue weighted by atomic mass is 10.8. The highest BCUT2D eigenvalue weighted by molar-refractivity contribution is 7.83. The fraction of sp³-hybridized carbons (Fsp3) is 1.00. The maximum absolute atomic E-state index is 10.2. The molecule has 1 unspecified atom stereocenters. The van der Waals surface area contributed by atoms with Gasteiger partial charge in [0.2, 0.25) is 0 Å². The van der Waals surface area contributed by atoms with Gasteiger partial charge in [-0.3, -0.25) is 0 Å². The molecule has 1 atom stereocenters. The van der Waals surface area contributed by atoms with E-state index < -0.39 is 11.0 Å². The lowest BCUT2D eigenvalue weighted by molar-refractivity contribution is 0.673. The Bertz CT molecular complexity index is 65.9. The molecule has 0 spiro atoms. The molecule has 1 aliphatic heterocycles. The minimum absolute atomic E-state index is 0.736. The molecule has 0 aromatic rings. The Morgan fingerprint density at radius 2 is 2.50 bits per heavy atom. The molecule has 0 amide bonds. The van der Waals surface area contributed by atoms with Crippen LogP contribution in [0.15, 0.2) is 0 Å². The van der Waals surface area contributed by atoms with Crippen LogP contribution in [0.5, 0.6) is 0 Å². The van der Waals surface area contributed by atoms with Crippen molar-refractivity contribution in [3.8, 4) is 0 Å². The first-order valence-corrected chi connectivity index (χ1v) is 3.08. The van der Waals surface area contributed by atoms with Gasteiger partial charge in [-0.2, -0.15) is 4.83 Å². The van der Waals surface area contributed by atoms with E-state index in [4.69, 9.17) is 0 Å². The molecule has 2 N–H and O–H groups in total. The van der Waals surface area contributed by atoms with Crippen molar-refractivity contribution in [2.24, 2.45) is 0 Å². The quantitative estimate of drug-likeness (QED) is 0.405. The van der Waals surface area contributed by atoms with E-state index in [1.165, 1.54) is 0 Å². The lowest BCUT2D eigenvalue weighted by Crippen LogP contribution is -2.21. The second-order valence-electron chi connectivity index (χ2n) is 1.08. The van der Waals surface area contributed by atoms with Gasteiger partial charge in [-0.25, -0.2) is 9.63 Å². The van der Waals surface area contributed by atoms with Crippen molar-refractivity contribution in [1.82, 2.24) is 10.3 Å². The predicted molar refractivity (Wildman–Crippen MR) is 24.1 cm³/mol. The zero-order valence-electron chi connectivity index (χ0n) is 3.23. The number of nitrogens with one attached hydrogen (secondary N) is 2. The van der Waals surface area contributed by atoms with Crippen molar-refractivity contribution in [2.75, 3.05) is 12.3 Å². The third kappa shape index (κ3) is 0.767. The van der Waals surface area contributed by atoms with E-state index in [0.29, 0.717) is 0 Å². The summed E-state index contributed by atoms with van der Waals surface area (Å²) in [5.74, 6) is 0.736. The van der Waals surface area contributed by atoms with Crippen molar-refractivity contribution >= 4 is 11.0 Å². The van der Waals surface area contributed by atoms with Crippen LogP contribution in [0.3, 0.4) is 0 Å². The van der Waals surface area contributed by atoms with Gasteiger partial charge in [0.15, 0.2) is 0 Å². The smallest absolute Gasteiger partial charge is 0.107 e. The van der Waals surface area contributed by atoms with Crippen LogP contribution < -0.4 is 10.3 Å². The molecule has 1 saturated heterocycles. The summed E-state index contributed by atoms with van der Waals surface area (Å²) >= 11 is 0. The monoisotopic (exact) mass is 106 g/mol. The minimum atomic E-state index is -0.784. The molecule has 4 heteroatoms. The first kappa shape index (κ1) is 4.23. The molecule has 0 aromatic heterocycles. The summed E-state index contributed by atoms with van der Waals surface area (Å²) in [5.41, 5.74) is 2.72. The Labute approximate surface area is 38.7 Å². The molecule has 0 saturated carbocycles. The van der Waals surface area contributed by atoms with E-state index in [1.54, 1.807) is 0 Å². The second kappa shape index (κ2) is 1.68. The Kier molecular flexibility index (Phi) is 1.19. The van der Waals surface area contributed by atoms with Gasteiger partial charge in [-0.1, -0.05) is 0 Å². The first-order valence-electron chi connectivity index (χ1n) is 1.76. The Morgan fingerprint density at radius 1 is 1.67 bits per heavy atom. The summed E-state index contributed by atoms with van der Waals surface area (Å²) in [6.07, 6.45) is 0. The summed E-state index contributed by atoms with van der Waals surface area (Å²) in [7, 11) is -0.784. The molecule has 1 heterocycles. The molecule has 6 heavy (non-hydrogen) atoms. The first-order chi connectivity index (χ1) is 2.89. The van der Waals surface area contributed by atoms with E-state index in [-0.39, 0.29) is 0 Å². The highest BCUT2D eigenvalue weighted by atomic mass is 32.2. The van der Waals surface area contributed by atoms with Crippen LogP contribution in [0.25, 0.3) is 0 Å². The van der Waals surface area contributed by atoms with Crippen LogP contribution in [0.1, 0.15) is 0 Å². The molecule has 1 aliphatic rings. The molecule has 1 fully saturated rings. The highest BCUT2D eigenvalue weighted by Gasteiger charge is 2.02. The van der Waals surface area contributed by atoms with E-state index in [2.05, 4.69) is 10.3 Å². The van der Waals surface area contributed by atoms with Crippen molar-refractivity contribution in [3.05, 3.63) is 0 Å². The van der Waals surface area contributed by atoms with Gasteiger partial charge in [-0.05, 0) is 0 Å². The van der Waals surface area contributed by atoms with E-state index in [0.717, 1.165) is 12.3 Å². The van der Waals surface area contributed by atoms with Crippen LogP contribution in [0.4, 0.5) is 0 Å². The summed E-state index contributed by atoms with van der Waals surface area (Å²) in [4.78, 5) is 2.54. The molecule has 0 bridgehead atoms.